The quantitative estimate of drug-likeness (QED) is 0.0629. The number of rotatable bonds is 18. The lowest BCUT2D eigenvalue weighted by Gasteiger charge is -2.46. The van der Waals surface area contributed by atoms with E-state index in [1.165, 1.54) is 60.7 Å². The Balaban J connectivity index is 1.13. The molecule has 16 nitrogen and oxygen atoms in total. The first-order valence-corrected chi connectivity index (χ1v) is 25.7. The number of hydrogen-bond acceptors (Lipinski definition) is 17. The number of aliphatic hydroxyl groups is 1. The molecule has 2 aliphatic rings. The van der Waals surface area contributed by atoms with Gasteiger partial charge in [-0.1, -0.05) is 139 Å². The standard InChI is InChI=1S/C61H52O16S/c1-38-32-34-45(35-33-38)78-61-53(77-59(68)44-30-18-7-19-31-44)51(75-57(66)42-26-14-5-15-27-42)49(73-55(64)40-22-10-3-11-23-40)47(71-61)37-69-60-52(76-58(67)43-28-16-6-17-29-43)50(74-56(65)41-24-12-4-13-25-41)48(46(36-62)70-60)72-54(63)39-20-8-2-9-21-39/h2-35,46-53,60-62H,36-37H2,1H3. The average molecular weight is 1070 g/mol. The van der Waals surface area contributed by atoms with E-state index < -0.39 is 110 Å². The minimum atomic E-state index is -1.79. The van der Waals surface area contributed by atoms with Crippen molar-refractivity contribution < 1.29 is 76.5 Å². The Kier molecular flexibility index (Phi) is 18.2. The van der Waals surface area contributed by atoms with Crippen LogP contribution in [-0.4, -0.2) is 115 Å². The van der Waals surface area contributed by atoms with Gasteiger partial charge in [-0.2, -0.15) is 0 Å². The first kappa shape index (κ1) is 54.3. The summed E-state index contributed by atoms with van der Waals surface area (Å²) in [5.41, 5.74) is 0.360. The molecular weight excluding hydrogens is 1020 g/mol. The van der Waals surface area contributed by atoms with Gasteiger partial charge in [-0.3, -0.25) is 0 Å². The van der Waals surface area contributed by atoms with E-state index in [2.05, 4.69) is 0 Å². The van der Waals surface area contributed by atoms with Gasteiger partial charge in [-0.25, -0.2) is 28.8 Å². The highest BCUT2D eigenvalue weighted by Crippen LogP contribution is 2.40. The van der Waals surface area contributed by atoms with Gasteiger partial charge in [0.15, 0.2) is 42.9 Å². The molecule has 7 aromatic rings. The maximum Gasteiger partial charge on any atom is 0.338 e. The van der Waals surface area contributed by atoms with Crippen molar-refractivity contribution in [3.63, 3.8) is 0 Å². The monoisotopic (exact) mass is 1070 g/mol. The molecule has 78 heavy (non-hydrogen) atoms. The third-order valence-corrected chi connectivity index (χ3v) is 13.7. The Labute approximate surface area is 453 Å². The van der Waals surface area contributed by atoms with Gasteiger partial charge in [0.25, 0.3) is 0 Å². The smallest absolute Gasteiger partial charge is 0.338 e. The Morgan fingerprint density at radius 2 is 0.692 bits per heavy atom. The summed E-state index contributed by atoms with van der Waals surface area (Å²) >= 11 is 1.12. The lowest BCUT2D eigenvalue weighted by Crippen LogP contribution is -2.64. The molecule has 1 N–H and O–H groups in total. The summed E-state index contributed by atoms with van der Waals surface area (Å²) in [6, 6.07) is 55.2. The summed E-state index contributed by atoms with van der Waals surface area (Å²) < 4.78 is 57.2. The van der Waals surface area contributed by atoms with E-state index in [9.17, 15) is 33.9 Å². The zero-order valence-electron chi connectivity index (χ0n) is 41.8. The van der Waals surface area contributed by atoms with Crippen molar-refractivity contribution in [2.45, 2.75) is 72.4 Å². The highest BCUT2D eigenvalue weighted by Gasteiger charge is 2.56. The van der Waals surface area contributed by atoms with E-state index in [4.69, 9.17) is 42.6 Å². The number of hydrogen-bond donors (Lipinski definition) is 1. The molecule has 0 spiro atoms. The van der Waals surface area contributed by atoms with Gasteiger partial charge in [0.1, 0.15) is 17.6 Å². The molecule has 0 aromatic heterocycles. The summed E-state index contributed by atoms with van der Waals surface area (Å²) in [6.45, 7) is 0.423. The van der Waals surface area contributed by atoms with Crippen LogP contribution in [0.4, 0.5) is 0 Å². The van der Waals surface area contributed by atoms with Crippen LogP contribution in [0.3, 0.4) is 0 Å². The SMILES string of the molecule is Cc1ccc(SC2OC(COC3OC(CO)C(OC(=O)c4ccccc4)C(OC(=O)c4ccccc4)C3OC(=O)c3ccccc3)C(OC(=O)c3ccccc3)C(OC(=O)c3ccccc3)C2OC(=O)c2ccccc2)cc1. The second-order valence-corrected chi connectivity index (χ2v) is 19.1. The molecule has 0 aliphatic carbocycles. The molecule has 2 heterocycles. The van der Waals surface area contributed by atoms with E-state index in [0.29, 0.717) is 4.90 Å². The first-order chi connectivity index (χ1) is 38.0. The number of aliphatic hydroxyl groups excluding tert-OH is 1. The predicted octanol–water partition coefficient (Wildman–Crippen LogP) is 8.90. The van der Waals surface area contributed by atoms with E-state index in [-0.39, 0.29) is 33.4 Å². The van der Waals surface area contributed by atoms with Gasteiger partial charge in [0.2, 0.25) is 0 Å². The fourth-order valence-electron chi connectivity index (χ4n) is 8.61. The maximum atomic E-state index is 14.3. The Bertz CT molecular complexity index is 3120. The van der Waals surface area contributed by atoms with Crippen LogP contribution < -0.4 is 0 Å². The van der Waals surface area contributed by atoms with E-state index in [1.54, 1.807) is 121 Å². The molecule has 7 aromatic carbocycles. The molecule has 0 bridgehead atoms. The highest BCUT2D eigenvalue weighted by molar-refractivity contribution is 7.99. The van der Waals surface area contributed by atoms with E-state index in [1.807, 2.05) is 31.2 Å². The van der Waals surface area contributed by atoms with Crippen molar-refractivity contribution in [2.24, 2.45) is 0 Å². The minimum absolute atomic E-state index is 0.0742. The lowest BCUT2D eigenvalue weighted by molar-refractivity contribution is -0.309. The van der Waals surface area contributed by atoms with Crippen LogP contribution >= 0.6 is 11.8 Å². The zero-order chi connectivity index (χ0) is 54.4. The number of benzene rings is 7. The van der Waals surface area contributed by atoms with Crippen LogP contribution in [0.2, 0.25) is 0 Å². The lowest BCUT2D eigenvalue weighted by atomic mass is 9.97. The van der Waals surface area contributed by atoms with Crippen LogP contribution in [0, 0.1) is 6.92 Å². The predicted molar refractivity (Wildman–Crippen MR) is 281 cm³/mol. The zero-order valence-corrected chi connectivity index (χ0v) is 42.6. The van der Waals surface area contributed by atoms with Crippen LogP contribution in [0.5, 0.6) is 0 Å². The fraction of sp³-hybridized carbons (Fsp3) is 0.213. The van der Waals surface area contributed by atoms with Crippen LogP contribution in [0.25, 0.3) is 0 Å². The van der Waals surface area contributed by atoms with Gasteiger partial charge < -0.3 is 47.7 Å². The number of thioether (sulfide) groups is 1. The number of carbonyl (C=O) groups excluding carboxylic acids is 6. The highest BCUT2D eigenvalue weighted by atomic mass is 32.2. The topological polar surface area (TPSA) is 206 Å². The van der Waals surface area contributed by atoms with Crippen molar-refractivity contribution in [2.75, 3.05) is 13.2 Å². The van der Waals surface area contributed by atoms with Crippen molar-refractivity contribution in [3.05, 3.63) is 245 Å². The number of esters is 6. The minimum Gasteiger partial charge on any atom is -0.452 e. The summed E-state index contributed by atoms with van der Waals surface area (Å²) in [5, 5.41) is 11.0. The third kappa shape index (κ3) is 13.6. The molecule has 17 heteroatoms. The molecule has 2 saturated heterocycles. The number of aryl methyl sites for hydroxylation is 1. The molecule has 398 valence electrons. The molecule has 10 atom stereocenters. The Morgan fingerprint density at radius 3 is 1.05 bits per heavy atom. The van der Waals surface area contributed by atoms with Gasteiger partial charge in [-0.05, 0) is 91.9 Å². The normalized spacial score (nSPS) is 22.6. The van der Waals surface area contributed by atoms with Crippen molar-refractivity contribution in [1.82, 2.24) is 0 Å². The molecule has 0 radical (unpaired) electrons. The van der Waals surface area contributed by atoms with Gasteiger partial charge in [0.05, 0.1) is 46.6 Å². The van der Waals surface area contributed by atoms with Crippen LogP contribution in [-0.2, 0) is 42.6 Å². The fourth-order valence-corrected chi connectivity index (χ4v) is 9.71. The number of carbonyl (C=O) groups is 6. The van der Waals surface area contributed by atoms with Crippen LogP contribution in [0.1, 0.15) is 67.7 Å². The summed E-state index contributed by atoms with van der Waals surface area (Å²) in [6.07, 6.45) is -14.7. The molecule has 2 aliphatic heterocycles. The molecule has 0 amide bonds. The summed E-state index contributed by atoms with van der Waals surface area (Å²) in [4.78, 5) is 85.6. The van der Waals surface area contributed by atoms with Crippen molar-refractivity contribution in [3.8, 4) is 0 Å². The average Bonchev–Trinajstić information content (AvgIpc) is 3.63. The molecule has 9 rings (SSSR count). The molecule has 10 unspecified atom stereocenters. The summed E-state index contributed by atoms with van der Waals surface area (Å²) in [5.74, 6) is -5.29. The molecule has 0 saturated carbocycles. The van der Waals surface area contributed by atoms with E-state index >= 15 is 0 Å². The van der Waals surface area contributed by atoms with Crippen molar-refractivity contribution in [1.29, 1.82) is 0 Å². The van der Waals surface area contributed by atoms with E-state index in [0.717, 1.165) is 17.3 Å². The number of ether oxygens (including phenoxy) is 9. The van der Waals surface area contributed by atoms with Crippen molar-refractivity contribution >= 4 is 47.6 Å². The second kappa shape index (κ2) is 26.1. The van der Waals surface area contributed by atoms with Gasteiger partial charge >= 0.3 is 35.8 Å². The molecular formula is C61H52O16S. The second-order valence-electron chi connectivity index (χ2n) is 17.9. The Hall–Kier alpha value is -8.45. The maximum absolute atomic E-state index is 14.3. The Morgan fingerprint density at radius 1 is 0.385 bits per heavy atom. The van der Waals surface area contributed by atoms with Gasteiger partial charge in [-0.15, -0.1) is 0 Å². The summed E-state index contributed by atoms with van der Waals surface area (Å²) in [7, 11) is 0. The molecule has 2 fully saturated rings. The van der Waals surface area contributed by atoms with Gasteiger partial charge in [0, 0.05) is 4.90 Å². The first-order valence-electron chi connectivity index (χ1n) is 24.9. The third-order valence-electron chi connectivity index (χ3n) is 12.6. The largest absolute Gasteiger partial charge is 0.452 e. The van der Waals surface area contributed by atoms with Crippen LogP contribution in [0.15, 0.2) is 211 Å².